The fourth-order valence-electron chi connectivity index (χ4n) is 3.78. The third-order valence-corrected chi connectivity index (χ3v) is 5.18. The summed E-state index contributed by atoms with van der Waals surface area (Å²) < 4.78 is 0. The maximum absolute atomic E-state index is 12.8. The SMILES string of the molecule is CCC(CC)C(C)N1CCC(=O)N2CCCCC2C1=O. The van der Waals surface area contributed by atoms with Crippen LogP contribution in [0.5, 0.6) is 0 Å². The Morgan fingerprint density at radius 3 is 2.50 bits per heavy atom. The number of nitrogens with zero attached hydrogens (tertiary/aromatic N) is 2. The first-order valence-electron chi connectivity index (χ1n) is 8.20. The van der Waals surface area contributed by atoms with Crippen molar-refractivity contribution in [2.75, 3.05) is 13.1 Å². The third-order valence-electron chi connectivity index (χ3n) is 5.18. The summed E-state index contributed by atoms with van der Waals surface area (Å²) in [5.41, 5.74) is 0. The minimum atomic E-state index is -0.185. The number of hydrogen-bond acceptors (Lipinski definition) is 2. The van der Waals surface area contributed by atoms with Gasteiger partial charge < -0.3 is 9.80 Å². The van der Waals surface area contributed by atoms with E-state index in [0.29, 0.717) is 18.9 Å². The molecule has 2 saturated heterocycles. The van der Waals surface area contributed by atoms with Gasteiger partial charge in [0.2, 0.25) is 11.8 Å². The highest BCUT2D eigenvalue weighted by atomic mass is 16.2. The van der Waals surface area contributed by atoms with Crippen LogP contribution >= 0.6 is 0 Å². The molecule has 2 aliphatic heterocycles. The first-order chi connectivity index (χ1) is 9.60. The second-order valence-corrected chi connectivity index (χ2v) is 6.20. The van der Waals surface area contributed by atoms with Crippen molar-refractivity contribution in [3.8, 4) is 0 Å². The van der Waals surface area contributed by atoms with Crippen LogP contribution in [-0.4, -0.2) is 46.8 Å². The van der Waals surface area contributed by atoms with Crippen LogP contribution in [0.1, 0.15) is 59.3 Å². The van der Waals surface area contributed by atoms with Crippen molar-refractivity contribution in [3.63, 3.8) is 0 Å². The molecular formula is C16H28N2O2. The Bertz CT molecular complexity index is 365. The van der Waals surface area contributed by atoms with E-state index in [-0.39, 0.29) is 23.9 Å². The molecule has 2 aliphatic rings. The van der Waals surface area contributed by atoms with Crippen LogP contribution in [0.15, 0.2) is 0 Å². The minimum Gasteiger partial charge on any atom is -0.337 e. The summed E-state index contributed by atoms with van der Waals surface area (Å²) in [5.74, 6) is 0.890. The van der Waals surface area contributed by atoms with Gasteiger partial charge in [0.1, 0.15) is 6.04 Å². The third kappa shape index (κ3) is 2.84. The van der Waals surface area contributed by atoms with E-state index in [1.807, 2.05) is 9.80 Å². The van der Waals surface area contributed by atoms with E-state index in [1.165, 1.54) is 0 Å². The summed E-state index contributed by atoms with van der Waals surface area (Å²) in [7, 11) is 0. The number of carbonyl (C=O) groups is 2. The molecule has 0 aromatic heterocycles. The van der Waals surface area contributed by atoms with E-state index in [9.17, 15) is 9.59 Å². The Kier molecular flexibility index (Phi) is 5.06. The number of rotatable bonds is 4. The monoisotopic (exact) mass is 280 g/mol. The molecule has 20 heavy (non-hydrogen) atoms. The molecule has 0 N–H and O–H groups in total. The fraction of sp³-hybridized carbons (Fsp3) is 0.875. The van der Waals surface area contributed by atoms with Gasteiger partial charge in [-0.25, -0.2) is 0 Å². The summed E-state index contributed by atoms with van der Waals surface area (Å²) in [6, 6.07) is 0.0581. The van der Waals surface area contributed by atoms with E-state index in [4.69, 9.17) is 0 Å². The summed E-state index contributed by atoms with van der Waals surface area (Å²) >= 11 is 0. The quantitative estimate of drug-likeness (QED) is 0.793. The molecule has 0 spiro atoms. The molecule has 2 rings (SSSR count). The second-order valence-electron chi connectivity index (χ2n) is 6.20. The summed E-state index contributed by atoms with van der Waals surface area (Å²) in [6.45, 7) is 7.89. The van der Waals surface area contributed by atoms with Crippen molar-refractivity contribution >= 4 is 11.8 Å². The number of amides is 2. The molecule has 114 valence electrons. The highest BCUT2D eigenvalue weighted by Gasteiger charge is 2.39. The number of carbonyl (C=O) groups excluding carboxylic acids is 2. The number of fused-ring (bicyclic) bond motifs is 1. The summed E-state index contributed by atoms with van der Waals surface area (Å²) in [4.78, 5) is 28.9. The Balaban J connectivity index is 2.18. The summed E-state index contributed by atoms with van der Waals surface area (Å²) in [6.07, 6.45) is 5.61. The second kappa shape index (κ2) is 6.59. The average Bonchev–Trinajstić information content (AvgIpc) is 2.59. The zero-order valence-corrected chi connectivity index (χ0v) is 13.1. The van der Waals surface area contributed by atoms with Crippen molar-refractivity contribution < 1.29 is 9.59 Å². The van der Waals surface area contributed by atoms with Crippen LogP contribution in [-0.2, 0) is 9.59 Å². The molecular weight excluding hydrogens is 252 g/mol. The minimum absolute atomic E-state index is 0.169. The Hall–Kier alpha value is -1.06. The molecule has 2 fully saturated rings. The van der Waals surface area contributed by atoms with Crippen LogP contribution < -0.4 is 0 Å². The lowest BCUT2D eigenvalue weighted by atomic mass is 9.93. The molecule has 0 aromatic carbocycles. The Labute approximate surface area is 122 Å². The van der Waals surface area contributed by atoms with E-state index in [1.54, 1.807) is 0 Å². The van der Waals surface area contributed by atoms with Gasteiger partial charge in [0, 0.05) is 25.6 Å². The van der Waals surface area contributed by atoms with Crippen LogP contribution in [0.2, 0.25) is 0 Å². The predicted octanol–water partition coefficient (Wildman–Crippen LogP) is 2.42. The largest absolute Gasteiger partial charge is 0.337 e. The highest BCUT2D eigenvalue weighted by molar-refractivity contribution is 5.90. The first-order valence-corrected chi connectivity index (χ1v) is 8.20. The smallest absolute Gasteiger partial charge is 0.245 e. The molecule has 2 atom stereocenters. The average molecular weight is 280 g/mol. The number of piperidine rings is 1. The standard InChI is InChI=1S/C16H28N2O2/c1-4-13(5-2)12(3)17-11-9-15(19)18-10-7-6-8-14(18)16(17)20/h12-14H,4-11H2,1-3H3. The highest BCUT2D eigenvalue weighted by Crippen LogP contribution is 2.27. The molecule has 2 heterocycles. The Morgan fingerprint density at radius 2 is 1.85 bits per heavy atom. The van der Waals surface area contributed by atoms with E-state index >= 15 is 0 Å². The van der Waals surface area contributed by atoms with Crippen LogP contribution in [0.3, 0.4) is 0 Å². The maximum Gasteiger partial charge on any atom is 0.245 e. The lowest BCUT2D eigenvalue weighted by Gasteiger charge is -2.38. The number of hydrogen-bond donors (Lipinski definition) is 0. The molecule has 4 nitrogen and oxygen atoms in total. The van der Waals surface area contributed by atoms with Crippen molar-refractivity contribution in [2.24, 2.45) is 5.92 Å². The normalized spacial score (nSPS) is 25.7. The Morgan fingerprint density at radius 1 is 1.15 bits per heavy atom. The molecule has 0 saturated carbocycles. The van der Waals surface area contributed by atoms with Gasteiger partial charge in [-0.2, -0.15) is 0 Å². The van der Waals surface area contributed by atoms with Gasteiger partial charge in [0.25, 0.3) is 0 Å². The lowest BCUT2D eigenvalue weighted by molar-refractivity contribution is -0.144. The van der Waals surface area contributed by atoms with Crippen molar-refractivity contribution in [1.82, 2.24) is 9.80 Å². The summed E-state index contributed by atoms with van der Waals surface area (Å²) in [5, 5.41) is 0. The van der Waals surface area contributed by atoms with Crippen LogP contribution in [0, 0.1) is 5.92 Å². The van der Waals surface area contributed by atoms with E-state index in [0.717, 1.165) is 38.6 Å². The van der Waals surface area contributed by atoms with Gasteiger partial charge in [-0.05, 0) is 32.1 Å². The molecule has 2 amide bonds. The topological polar surface area (TPSA) is 40.6 Å². The van der Waals surface area contributed by atoms with Gasteiger partial charge in [0.15, 0.2) is 0 Å². The predicted molar refractivity (Wildman–Crippen MR) is 79.2 cm³/mol. The molecule has 0 aliphatic carbocycles. The fourth-order valence-corrected chi connectivity index (χ4v) is 3.78. The molecule has 0 bridgehead atoms. The first kappa shape index (κ1) is 15.3. The zero-order valence-electron chi connectivity index (χ0n) is 13.1. The van der Waals surface area contributed by atoms with E-state index in [2.05, 4.69) is 20.8 Å². The van der Waals surface area contributed by atoms with Crippen molar-refractivity contribution in [2.45, 2.75) is 71.4 Å². The van der Waals surface area contributed by atoms with Gasteiger partial charge >= 0.3 is 0 Å². The van der Waals surface area contributed by atoms with Crippen LogP contribution in [0.25, 0.3) is 0 Å². The van der Waals surface area contributed by atoms with Crippen LogP contribution in [0.4, 0.5) is 0 Å². The molecule has 0 radical (unpaired) electrons. The van der Waals surface area contributed by atoms with Gasteiger partial charge in [0.05, 0.1) is 0 Å². The molecule has 2 unspecified atom stereocenters. The molecule has 0 aromatic rings. The molecule has 4 heteroatoms. The van der Waals surface area contributed by atoms with Crippen molar-refractivity contribution in [3.05, 3.63) is 0 Å². The van der Waals surface area contributed by atoms with Gasteiger partial charge in [-0.15, -0.1) is 0 Å². The lowest BCUT2D eigenvalue weighted by Crippen LogP contribution is -2.52. The van der Waals surface area contributed by atoms with E-state index < -0.39 is 0 Å². The van der Waals surface area contributed by atoms with Gasteiger partial charge in [-0.1, -0.05) is 26.7 Å². The zero-order chi connectivity index (χ0) is 14.7. The maximum atomic E-state index is 12.8. The van der Waals surface area contributed by atoms with Crippen molar-refractivity contribution in [1.29, 1.82) is 0 Å². The van der Waals surface area contributed by atoms with Gasteiger partial charge in [-0.3, -0.25) is 9.59 Å².